The first-order chi connectivity index (χ1) is 5.18. The van der Waals surface area contributed by atoms with E-state index in [9.17, 15) is 0 Å². The minimum absolute atomic E-state index is 0.472. The SMILES string of the molecule is CC(C)NC1CCC(C)OC1. The molecule has 1 aliphatic rings. The monoisotopic (exact) mass is 157 g/mol. The fourth-order valence-electron chi connectivity index (χ4n) is 1.49. The Labute approximate surface area is 69.3 Å². The van der Waals surface area contributed by atoms with Crippen LogP contribution in [0, 0.1) is 0 Å². The first-order valence-electron chi connectivity index (χ1n) is 4.56. The van der Waals surface area contributed by atoms with Gasteiger partial charge in [-0.2, -0.15) is 0 Å². The predicted octanol–water partition coefficient (Wildman–Crippen LogP) is 1.55. The zero-order valence-corrected chi connectivity index (χ0v) is 7.76. The average Bonchev–Trinajstić information content (AvgIpc) is 1.93. The van der Waals surface area contributed by atoms with Crippen molar-refractivity contribution in [2.75, 3.05) is 6.61 Å². The molecule has 1 heterocycles. The third-order valence-electron chi connectivity index (χ3n) is 2.07. The van der Waals surface area contributed by atoms with Gasteiger partial charge in [0.05, 0.1) is 12.7 Å². The van der Waals surface area contributed by atoms with Crippen LogP contribution in [0.1, 0.15) is 33.6 Å². The molecule has 2 nitrogen and oxygen atoms in total. The van der Waals surface area contributed by atoms with Gasteiger partial charge >= 0.3 is 0 Å². The molecule has 1 N–H and O–H groups in total. The summed E-state index contributed by atoms with van der Waals surface area (Å²) < 4.78 is 5.53. The Hall–Kier alpha value is -0.0800. The molecule has 11 heavy (non-hydrogen) atoms. The van der Waals surface area contributed by atoms with Crippen molar-refractivity contribution in [3.05, 3.63) is 0 Å². The topological polar surface area (TPSA) is 21.3 Å². The molecular weight excluding hydrogens is 138 g/mol. The minimum atomic E-state index is 0.472. The van der Waals surface area contributed by atoms with Crippen molar-refractivity contribution in [2.45, 2.75) is 51.8 Å². The van der Waals surface area contributed by atoms with Crippen LogP contribution in [0.3, 0.4) is 0 Å². The largest absolute Gasteiger partial charge is 0.377 e. The van der Waals surface area contributed by atoms with E-state index in [1.165, 1.54) is 12.8 Å². The van der Waals surface area contributed by atoms with E-state index in [1.54, 1.807) is 0 Å². The summed E-state index contributed by atoms with van der Waals surface area (Å²) in [6, 6.07) is 1.17. The van der Waals surface area contributed by atoms with Gasteiger partial charge in [-0.25, -0.2) is 0 Å². The third kappa shape index (κ3) is 3.21. The second kappa shape index (κ2) is 4.07. The van der Waals surface area contributed by atoms with Gasteiger partial charge < -0.3 is 10.1 Å². The van der Waals surface area contributed by atoms with Gasteiger partial charge in [0.2, 0.25) is 0 Å². The molecule has 0 bridgehead atoms. The van der Waals surface area contributed by atoms with E-state index in [4.69, 9.17) is 4.74 Å². The molecule has 66 valence electrons. The highest BCUT2D eigenvalue weighted by Crippen LogP contribution is 2.12. The third-order valence-corrected chi connectivity index (χ3v) is 2.07. The fraction of sp³-hybridized carbons (Fsp3) is 1.00. The lowest BCUT2D eigenvalue weighted by atomic mass is 10.1. The molecule has 1 aliphatic heterocycles. The first-order valence-corrected chi connectivity index (χ1v) is 4.56. The number of rotatable bonds is 2. The van der Waals surface area contributed by atoms with Crippen LogP contribution in [-0.4, -0.2) is 24.8 Å². The summed E-state index contributed by atoms with van der Waals surface area (Å²) in [4.78, 5) is 0. The summed E-state index contributed by atoms with van der Waals surface area (Å²) in [7, 11) is 0. The zero-order chi connectivity index (χ0) is 8.27. The van der Waals surface area contributed by atoms with Crippen molar-refractivity contribution >= 4 is 0 Å². The van der Waals surface area contributed by atoms with Crippen LogP contribution in [0.25, 0.3) is 0 Å². The molecule has 1 fully saturated rings. The highest BCUT2D eigenvalue weighted by molar-refractivity contribution is 4.74. The number of hydrogen-bond donors (Lipinski definition) is 1. The van der Waals surface area contributed by atoms with Crippen LogP contribution in [-0.2, 0) is 4.74 Å². The van der Waals surface area contributed by atoms with Crippen molar-refractivity contribution in [3.63, 3.8) is 0 Å². The van der Waals surface area contributed by atoms with E-state index in [0.717, 1.165) is 6.61 Å². The maximum absolute atomic E-state index is 5.53. The van der Waals surface area contributed by atoms with Crippen LogP contribution in [0.4, 0.5) is 0 Å². The van der Waals surface area contributed by atoms with Crippen molar-refractivity contribution in [1.82, 2.24) is 5.32 Å². The lowest BCUT2D eigenvalue weighted by Crippen LogP contribution is -2.42. The Morgan fingerprint density at radius 1 is 1.36 bits per heavy atom. The summed E-state index contributed by atoms with van der Waals surface area (Å²) in [5.74, 6) is 0. The van der Waals surface area contributed by atoms with Crippen molar-refractivity contribution in [1.29, 1.82) is 0 Å². The van der Waals surface area contributed by atoms with Gasteiger partial charge in [-0.05, 0) is 19.8 Å². The highest BCUT2D eigenvalue weighted by atomic mass is 16.5. The van der Waals surface area contributed by atoms with Gasteiger partial charge in [0, 0.05) is 12.1 Å². The smallest absolute Gasteiger partial charge is 0.0623 e. The molecular formula is C9H19NO. The lowest BCUT2D eigenvalue weighted by molar-refractivity contribution is 0.00691. The minimum Gasteiger partial charge on any atom is -0.377 e. The molecule has 0 radical (unpaired) electrons. The molecule has 0 amide bonds. The van der Waals surface area contributed by atoms with E-state index >= 15 is 0 Å². The second-order valence-electron chi connectivity index (χ2n) is 3.74. The molecule has 0 aromatic rings. The van der Waals surface area contributed by atoms with Crippen LogP contribution >= 0.6 is 0 Å². The summed E-state index contributed by atoms with van der Waals surface area (Å²) in [5.41, 5.74) is 0. The van der Waals surface area contributed by atoms with E-state index in [1.807, 2.05) is 0 Å². The normalized spacial score (nSPS) is 32.7. The van der Waals surface area contributed by atoms with E-state index in [-0.39, 0.29) is 0 Å². The molecule has 2 heteroatoms. The van der Waals surface area contributed by atoms with Crippen LogP contribution in [0.2, 0.25) is 0 Å². The maximum Gasteiger partial charge on any atom is 0.0623 e. The summed E-state index contributed by atoms with van der Waals surface area (Å²) in [6.07, 6.45) is 2.93. The Morgan fingerprint density at radius 2 is 2.09 bits per heavy atom. The number of hydrogen-bond acceptors (Lipinski definition) is 2. The Balaban J connectivity index is 2.17. The van der Waals surface area contributed by atoms with Gasteiger partial charge in [-0.3, -0.25) is 0 Å². The van der Waals surface area contributed by atoms with E-state index in [2.05, 4.69) is 26.1 Å². The van der Waals surface area contributed by atoms with Gasteiger partial charge in [0.1, 0.15) is 0 Å². The lowest BCUT2D eigenvalue weighted by Gasteiger charge is -2.28. The Bertz CT molecular complexity index is 106. The molecule has 2 atom stereocenters. The van der Waals surface area contributed by atoms with Gasteiger partial charge in [0.15, 0.2) is 0 Å². The Kier molecular flexibility index (Phi) is 3.34. The van der Waals surface area contributed by atoms with Crippen molar-refractivity contribution < 1.29 is 4.74 Å². The standard InChI is InChI=1S/C9H19NO/c1-7(2)10-9-5-4-8(3)11-6-9/h7-10H,4-6H2,1-3H3. The molecule has 1 rings (SSSR count). The molecule has 0 spiro atoms. The molecule has 0 aliphatic carbocycles. The van der Waals surface area contributed by atoms with Gasteiger partial charge in [-0.1, -0.05) is 13.8 Å². The van der Waals surface area contributed by atoms with E-state index < -0.39 is 0 Å². The summed E-state index contributed by atoms with van der Waals surface area (Å²) >= 11 is 0. The average molecular weight is 157 g/mol. The predicted molar refractivity (Wildman–Crippen MR) is 46.7 cm³/mol. The summed E-state index contributed by atoms with van der Waals surface area (Å²) in [6.45, 7) is 7.39. The van der Waals surface area contributed by atoms with Crippen molar-refractivity contribution in [3.8, 4) is 0 Å². The van der Waals surface area contributed by atoms with Gasteiger partial charge in [0.25, 0.3) is 0 Å². The number of nitrogens with one attached hydrogen (secondary N) is 1. The van der Waals surface area contributed by atoms with Gasteiger partial charge in [-0.15, -0.1) is 0 Å². The molecule has 0 aromatic heterocycles. The molecule has 2 unspecified atom stereocenters. The summed E-state index contributed by atoms with van der Waals surface area (Å²) in [5, 5.41) is 3.48. The van der Waals surface area contributed by atoms with E-state index in [0.29, 0.717) is 18.2 Å². The molecule has 0 aromatic carbocycles. The fourth-order valence-corrected chi connectivity index (χ4v) is 1.49. The zero-order valence-electron chi connectivity index (χ0n) is 7.76. The van der Waals surface area contributed by atoms with Crippen LogP contribution in [0.5, 0.6) is 0 Å². The molecule has 1 saturated heterocycles. The van der Waals surface area contributed by atoms with Crippen LogP contribution < -0.4 is 5.32 Å². The van der Waals surface area contributed by atoms with Crippen molar-refractivity contribution in [2.24, 2.45) is 0 Å². The second-order valence-corrected chi connectivity index (χ2v) is 3.74. The Morgan fingerprint density at radius 3 is 2.55 bits per heavy atom. The quantitative estimate of drug-likeness (QED) is 0.656. The first kappa shape index (κ1) is 9.01. The maximum atomic E-state index is 5.53. The number of ether oxygens (including phenoxy) is 1. The molecule has 0 saturated carbocycles. The van der Waals surface area contributed by atoms with Crippen LogP contribution in [0.15, 0.2) is 0 Å². The highest BCUT2D eigenvalue weighted by Gasteiger charge is 2.18.